The van der Waals surface area contributed by atoms with Crippen molar-refractivity contribution in [3.8, 4) is 33.8 Å². The van der Waals surface area contributed by atoms with Gasteiger partial charge in [-0.1, -0.05) is 24.3 Å². The van der Waals surface area contributed by atoms with Gasteiger partial charge in [-0.15, -0.1) is 0 Å². The summed E-state index contributed by atoms with van der Waals surface area (Å²) >= 11 is 0. The van der Waals surface area contributed by atoms with Crippen molar-refractivity contribution in [2.24, 2.45) is 0 Å². The van der Waals surface area contributed by atoms with E-state index in [0.717, 1.165) is 29.2 Å². The number of anilines is 1. The Morgan fingerprint density at radius 1 is 0.867 bits per heavy atom. The first-order chi connectivity index (χ1) is 14.4. The van der Waals surface area contributed by atoms with E-state index in [4.69, 9.17) is 9.47 Å². The average molecular weight is 406 g/mol. The Balaban J connectivity index is 2.22. The molecule has 0 radical (unpaired) electrons. The van der Waals surface area contributed by atoms with Gasteiger partial charge in [0.1, 0.15) is 18.0 Å². The van der Waals surface area contributed by atoms with Crippen LogP contribution in [0.2, 0.25) is 0 Å². The Morgan fingerprint density at radius 3 is 1.93 bits per heavy atom. The minimum atomic E-state index is 0.141. The molecule has 4 nitrogen and oxygen atoms in total. The number of benzene rings is 2. The maximum absolute atomic E-state index is 5.95. The van der Waals surface area contributed by atoms with E-state index in [2.05, 4.69) is 93.1 Å². The van der Waals surface area contributed by atoms with Crippen LogP contribution < -0.4 is 18.9 Å². The highest BCUT2D eigenvalue weighted by Gasteiger charge is 2.21. The molecule has 0 aliphatic carbocycles. The first-order valence-corrected chi connectivity index (χ1v) is 10.7. The van der Waals surface area contributed by atoms with Crippen molar-refractivity contribution < 1.29 is 14.0 Å². The first-order valence-electron chi connectivity index (χ1n) is 10.7. The third kappa shape index (κ3) is 4.93. The summed E-state index contributed by atoms with van der Waals surface area (Å²) in [4.78, 5) is 2.19. The highest BCUT2D eigenvalue weighted by atomic mass is 16.5. The van der Waals surface area contributed by atoms with E-state index in [1.54, 1.807) is 0 Å². The molecule has 4 heteroatoms. The van der Waals surface area contributed by atoms with Crippen LogP contribution in [0.5, 0.6) is 11.5 Å². The molecule has 158 valence electrons. The minimum Gasteiger partial charge on any atom is -0.494 e. The van der Waals surface area contributed by atoms with Gasteiger partial charge in [0, 0.05) is 14.1 Å². The van der Waals surface area contributed by atoms with Gasteiger partial charge in [0.05, 0.1) is 29.5 Å². The molecule has 30 heavy (non-hydrogen) atoms. The quantitative estimate of drug-likeness (QED) is 0.458. The Bertz CT molecular complexity index is 996. The summed E-state index contributed by atoms with van der Waals surface area (Å²) in [6, 6.07) is 16.7. The minimum absolute atomic E-state index is 0.141. The average Bonchev–Trinajstić information content (AvgIpc) is 2.73. The largest absolute Gasteiger partial charge is 0.494 e. The molecule has 0 spiro atoms. The molecular weight excluding hydrogens is 372 g/mol. The second kappa shape index (κ2) is 9.66. The number of nitrogens with zero attached hydrogens (tertiary/aromatic N) is 2. The molecule has 0 fully saturated rings. The molecule has 0 saturated heterocycles. The fraction of sp³-hybridized carbons (Fsp3) is 0.346. The number of hydrogen-bond acceptors (Lipinski definition) is 3. The maximum atomic E-state index is 5.95. The zero-order chi connectivity index (χ0) is 21.7. The van der Waals surface area contributed by atoms with Crippen LogP contribution in [0.4, 0.5) is 5.69 Å². The van der Waals surface area contributed by atoms with E-state index in [0.29, 0.717) is 6.61 Å². The molecule has 0 bridgehead atoms. The van der Waals surface area contributed by atoms with Gasteiger partial charge in [0.25, 0.3) is 0 Å². The van der Waals surface area contributed by atoms with Crippen molar-refractivity contribution in [2.75, 3.05) is 25.6 Å². The molecule has 0 unspecified atom stereocenters. The highest BCUT2D eigenvalue weighted by molar-refractivity contribution is 5.89. The smallest absolute Gasteiger partial charge is 0.178 e. The molecule has 3 rings (SSSR count). The van der Waals surface area contributed by atoms with E-state index >= 15 is 0 Å². The van der Waals surface area contributed by atoms with E-state index in [1.807, 2.05) is 19.1 Å². The molecule has 3 aromatic rings. The van der Waals surface area contributed by atoms with Crippen LogP contribution in [-0.4, -0.2) is 26.8 Å². The van der Waals surface area contributed by atoms with Gasteiger partial charge in [-0.05, 0) is 63.1 Å². The van der Waals surface area contributed by atoms with Crippen molar-refractivity contribution in [3.05, 3.63) is 60.9 Å². The predicted molar refractivity (Wildman–Crippen MR) is 124 cm³/mol. The molecule has 1 aromatic heterocycles. The van der Waals surface area contributed by atoms with Crippen LogP contribution in [-0.2, 0) is 6.54 Å². The molecule has 0 atom stereocenters. The van der Waals surface area contributed by atoms with Crippen molar-refractivity contribution in [1.29, 1.82) is 0 Å². The Hall–Kier alpha value is -3.01. The molecular formula is C26H33N2O2+. The lowest BCUT2D eigenvalue weighted by atomic mass is 9.97. The van der Waals surface area contributed by atoms with Crippen LogP contribution in [0.3, 0.4) is 0 Å². The van der Waals surface area contributed by atoms with Gasteiger partial charge in [-0.3, -0.25) is 0 Å². The van der Waals surface area contributed by atoms with Crippen molar-refractivity contribution in [1.82, 2.24) is 0 Å². The third-order valence-electron chi connectivity index (χ3n) is 4.89. The lowest BCUT2D eigenvalue weighted by molar-refractivity contribution is -0.692. The fourth-order valence-electron chi connectivity index (χ4n) is 3.65. The Kier molecular flexibility index (Phi) is 6.99. The lowest BCUT2D eigenvalue weighted by Crippen LogP contribution is -2.33. The summed E-state index contributed by atoms with van der Waals surface area (Å²) in [6.45, 7) is 9.82. The van der Waals surface area contributed by atoms with Crippen LogP contribution in [0.25, 0.3) is 22.3 Å². The standard InChI is InChI=1S/C26H33N2O2/c1-7-28-17-24(20-11-9-13-22(15-20)29-8-2)26(27(5)6)25(18-28)21-12-10-14-23(16-21)30-19(3)4/h9-19H,7-8H2,1-6H3/q+1. The van der Waals surface area contributed by atoms with Crippen molar-refractivity contribution >= 4 is 5.69 Å². The van der Waals surface area contributed by atoms with Gasteiger partial charge in [0.2, 0.25) is 0 Å². The first kappa shape index (κ1) is 21.7. The van der Waals surface area contributed by atoms with E-state index in [9.17, 15) is 0 Å². The van der Waals surface area contributed by atoms with E-state index in [-0.39, 0.29) is 6.10 Å². The highest BCUT2D eigenvalue weighted by Crippen LogP contribution is 2.39. The van der Waals surface area contributed by atoms with Crippen molar-refractivity contribution in [2.45, 2.75) is 40.3 Å². The second-order valence-electron chi connectivity index (χ2n) is 7.81. The molecule has 0 N–H and O–H groups in total. The van der Waals surface area contributed by atoms with Gasteiger partial charge in [-0.25, -0.2) is 4.57 Å². The molecule has 0 amide bonds. The number of rotatable bonds is 8. The van der Waals surface area contributed by atoms with Crippen LogP contribution in [0, 0.1) is 0 Å². The summed E-state index contributed by atoms with van der Waals surface area (Å²) < 4.78 is 13.9. The molecule has 0 aliphatic heterocycles. The Labute approximate surface area is 180 Å². The van der Waals surface area contributed by atoms with Crippen LogP contribution in [0.1, 0.15) is 27.7 Å². The zero-order valence-corrected chi connectivity index (χ0v) is 19.0. The van der Waals surface area contributed by atoms with Gasteiger partial charge in [-0.2, -0.15) is 0 Å². The fourth-order valence-corrected chi connectivity index (χ4v) is 3.65. The molecule has 0 saturated carbocycles. The Morgan fingerprint density at radius 2 is 1.43 bits per heavy atom. The van der Waals surface area contributed by atoms with Crippen LogP contribution >= 0.6 is 0 Å². The normalized spacial score (nSPS) is 10.9. The number of aromatic nitrogens is 1. The summed E-state index contributed by atoms with van der Waals surface area (Å²) in [7, 11) is 4.19. The summed E-state index contributed by atoms with van der Waals surface area (Å²) in [5.74, 6) is 1.78. The SMILES string of the molecule is CCOc1cccc(-c2c[n+](CC)cc(-c3cccc(OC(C)C)c3)c2N(C)C)c1. The summed E-state index contributed by atoms with van der Waals surface area (Å²) in [6.07, 6.45) is 4.58. The molecule has 2 aromatic carbocycles. The van der Waals surface area contributed by atoms with Gasteiger partial charge >= 0.3 is 0 Å². The number of aryl methyl sites for hydroxylation is 1. The van der Waals surface area contributed by atoms with Crippen LogP contribution in [0.15, 0.2) is 60.9 Å². The number of pyridine rings is 1. The summed E-state index contributed by atoms with van der Waals surface area (Å²) in [5.41, 5.74) is 5.81. The molecule has 0 aliphatic rings. The zero-order valence-electron chi connectivity index (χ0n) is 19.0. The third-order valence-corrected chi connectivity index (χ3v) is 4.89. The van der Waals surface area contributed by atoms with Gasteiger partial charge < -0.3 is 14.4 Å². The monoisotopic (exact) mass is 405 g/mol. The topological polar surface area (TPSA) is 25.6 Å². The number of ether oxygens (including phenoxy) is 2. The van der Waals surface area contributed by atoms with Gasteiger partial charge in [0.15, 0.2) is 12.4 Å². The van der Waals surface area contributed by atoms with E-state index < -0.39 is 0 Å². The van der Waals surface area contributed by atoms with E-state index in [1.165, 1.54) is 16.8 Å². The molecule has 1 heterocycles. The predicted octanol–water partition coefficient (Wildman–Crippen LogP) is 5.58. The maximum Gasteiger partial charge on any atom is 0.178 e. The van der Waals surface area contributed by atoms with Crippen molar-refractivity contribution in [3.63, 3.8) is 0 Å². The lowest BCUT2D eigenvalue weighted by Gasteiger charge is -2.21. The number of hydrogen-bond donors (Lipinski definition) is 0. The summed E-state index contributed by atoms with van der Waals surface area (Å²) in [5, 5.41) is 0. The second-order valence-corrected chi connectivity index (χ2v) is 7.81.